The third-order valence-corrected chi connectivity index (χ3v) is 4.12. The van der Waals surface area contributed by atoms with Crippen molar-refractivity contribution in [3.63, 3.8) is 0 Å². The molecule has 22 heavy (non-hydrogen) atoms. The van der Waals surface area contributed by atoms with Crippen LogP contribution in [0.25, 0.3) is 0 Å². The average molecular weight is 315 g/mol. The Morgan fingerprint density at radius 2 is 1.45 bits per heavy atom. The van der Waals surface area contributed by atoms with Gasteiger partial charge in [0, 0.05) is 6.42 Å². The number of aliphatic hydroxyl groups excluding tert-OH is 2. The second-order valence-electron chi connectivity index (χ2n) is 6.29. The highest BCUT2D eigenvalue weighted by Gasteiger charge is 2.19. The molecule has 0 saturated carbocycles. The molecule has 0 radical (unpaired) electrons. The predicted octanol–water partition coefficient (Wildman–Crippen LogP) is 3.55. The van der Waals surface area contributed by atoms with E-state index in [0.717, 1.165) is 25.7 Å². The zero-order chi connectivity index (χ0) is 16.6. The van der Waals surface area contributed by atoms with Crippen molar-refractivity contribution in [2.45, 2.75) is 103 Å². The number of unbranched alkanes of at least 4 members (excludes halogenated alkanes) is 8. The summed E-state index contributed by atoms with van der Waals surface area (Å²) < 4.78 is 0. The first-order valence-electron chi connectivity index (χ1n) is 9.23. The minimum Gasteiger partial charge on any atom is -0.394 e. The SMILES string of the molecule is CCCCCCCCCCC(O)C(CO)NC(=O)CCCC. The maximum absolute atomic E-state index is 11.6. The Morgan fingerprint density at radius 3 is 2.00 bits per heavy atom. The largest absolute Gasteiger partial charge is 0.394 e. The Bertz CT molecular complexity index is 259. The summed E-state index contributed by atoms with van der Waals surface area (Å²) in [4.78, 5) is 11.6. The van der Waals surface area contributed by atoms with Crippen LogP contribution in [0.3, 0.4) is 0 Å². The molecule has 0 heterocycles. The van der Waals surface area contributed by atoms with Crippen molar-refractivity contribution in [2.75, 3.05) is 6.61 Å². The van der Waals surface area contributed by atoms with Crippen LogP contribution in [-0.2, 0) is 4.79 Å². The van der Waals surface area contributed by atoms with Gasteiger partial charge in [-0.05, 0) is 12.8 Å². The fourth-order valence-corrected chi connectivity index (χ4v) is 2.57. The maximum Gasteiger partial charge on any atom is 0.220 e. The van der Waals surface area contributed by atoms with Crippen molar-refractivity contribution in [1.29, 1.82) is 0 Å². The van der Waals surface area contributed by atoms with Crippen molar-refractivity contribution < 1.29 is 15.0 Å². The van der Waals surface area contributed by atoms with E-state index in [1.54, 1.807) is 0 Å². The fourth-order valence-electron chi connectivity index (χ4n) is 2.57. The van der Waals surface area contributed by atoms with Crippen LogP contribution in [0.1, 0.15) is 90.9 Å². The third-order valence-electron chi connectivity index (χ3n) is 4.12. The molecule has 0 fully saturated rings. The summed E-state index contributed by atoms with van der Waals surface area (Å²) in [5.74, 6) is -0.0733. The monoisotopic (exact) mass is 315 g/mol. The van der Waals surface area contributed by atoms with Crippen molar-refractivity contribution >= 4 is 5.91 Å². The summed E-state index contributed by atoms with van der Waals surface area (Å²) in [6.07, 6.45) is 12.1. The molecule has 0 aromatic heterocycles. The third kappa shape index (κ3) is 12.0. The van der Waals surface area contributed by atoms with Crippen LogP contribution < -0.4 is 5.32 Å². The van der Waals surface area contributed by atoms with Crippen LogP contribution in [-0.4, -0.2) is 34.9 Å². The summed E-state index contributed by atoms with van der Waals surface area (Å²) >= 11 is 0. The Balaban J connectivity index is 3.69. The molecule has 0 aromatic rings. The number of hydrogen-bond acceptors (Lipinski definition) is 3. The quantitative estimate of drug-likeness (QED) is 0.405. The topological polar surface area (TPSA) is 69.6 Å². The summed E-state index contributed by atoms with van der Waals surface area (Å²) in [5.41, 5.74) is 0. The van der Waals surface area contributed by atoms with Gasteiger partial charge in [-0.25, -0.2) is 0 Å². The molecule has 0 spiro atoms. The lowest BCUT2D eigenvalue weighted by Crippen LogP contribution is -2.45. The van der Waals surface area contributed by atoms with Gasteiger partial charge in [0.2, 0.25) is 5.91 Å². The van der Waals surface area contributed by atoms with Crippen LogP contribution in [0, 0.1) is 0 Å². The zero-order valence-corrected chi connectivity index (χ0v) is 14.6. The summed E-state index contributed by atoms with van der Waals surface area (Å²) in [6, 6.07) is -0.520. The molecule has 4 heteroatoms. The second kappa shape index (κ2) is 15.3. The molecule has 0 rings (SSSR count). The molecule has 2 unspecified atom stereocenters. The molecule has 0 aliphatic carbocycles. The van der Waals surface area contributed by atoms with E-state index in [0.29, 0.717) is 12.8 Å². The molecule has 0 bridgehead atoms. The van der Waals surface area contributed by atoms with Crippen molar-refractivity contribution in [3.8, 4) is 0 Å². The van der Waals surface area contributed by atoms with Gasteiger partial charge in [0.15, 0.2) is 0 Å². The number of carbonyl (C=O) groups excluding carboxylic acids is 1. The van der Waals surface area contributed by atoms with E-state index in [4.69, 9.17) is 0 Å². The molecule has 0 aromatic carbocycles. The smallest absolute Gasteiger partial charge is 0.220 e. The van der Waals surface area contributed by atoms with Gasteiger partial charge in [0.1, 0.15) is 0 Å². The van der Waals surface area contributed by atoms with Crippen LogP contribution in [0.2, 0.25) is 0 Å². The molecule has 0 saturated heterocycles. The Morgan fingerprint density at radius 1 is 0.909 bits per heavy atom. The first-order chi connectivity index (χ1) is 10.7. The fraction of sp³-hybridized carbons (Fsp3) is 0.944. The molecule has 1 amide bonds. The molecular weight excluding hydrogens is 278 g/mol. The Labute approximate surface area is 136 Å². The van der Waals surface area contributed by atoms with Gasteiger partial charge < -0.3 is 15.5 Å². The van der Waals surface area contributed by atoms with Gasteiger partial charge in [0.25, 0.3) is 0 Å². The number of amides is 1. The Kier molecular flexibility index (Phi) is 14.9. The van der Waals surface area contributed by atoms with E-state index in [1.165, 1.54) is 38.5 Å². The average Bonchev–Trinajstić information content (AvgIpc) is 2.52. The molecule has 3 N–H and O–H groups in total. The minimum atomic E-state index is -0.643. The van der Waals surface area contributed by atoms with E-state index in [9.17, 15) is 15.0 Å². The van der Waals surface area contributed by atoms with E-state index in [2.05, 4.69) is 12.2 Å². The van der Waals surface area contributed by atoms with E-state index < -0.39 is 12.1 Å². The van der Waals surface area contributed by atoms with Gasteiger partial charge in [0.05, 0.1) is 18.8 Å². The molecule has 0 aliphatic heterocycles. The molecule has 0 aliphatic rings. The predicted molar refractivity (Wildman–Crippen MR) is 91.8 cm³/mol. The van der Waals surface area contributed by atoms with Gasteiger partial charge in [-0.3, -0.25) is 4.79 Å². The second-order valence-corrected chi connectivity index (χ2v) is 6.29. The number of rotatable bonds is 15. The highest BCUT2D eigenvalue weighted by atomic mass is 16.3. The van der Waals surface area contributed by atoms with Crippen molar-refractivity contribution in [1.82, 2.24) is 5.32 Å². The van der Waals surface area contributed by atoms with E-state index in [1.807, 2.05) is 6.92 Å². The summed E-state index contributed by atoms with van der Waals surface area (Å²) in [5, 5.41) is 22.1. The van der Waals surface area contributed by atoms with Crippen LogP contribution >= 0.6 is 0 Å². The van der Waals surface area contributed by atoms with Crippen LogP contribution in [0.5, 0.6) is 0 Å². The van der Waals surface area contributed by atoms with Crippen LogP contribution in [0.15, 0.2) is 0 Å². The summed E-state index contributed by atoms with van der Waals surface area (Å²) in [7, 11) is 0. The number of aliphatic hydroxyl groups is 2. The van der Waals surface area contributed by atoms with Gasteiger partial charge in [-0.2, -0.15) is 0 Å². The van der Waals surface area contributed by atoms with Gasteiger partial charge in [-0.1, -0.05) is 71.6 Å². The number of hydrogen-bond donors (Lipinski definition) is 3. The lowest BCUT2D eigenvalue weighted by molar-refractivity contribution is -0.123. The molecule has 2 atom stereocenters. The number of carbonyl (C=O) groups is 1. The first-order valence-corrected chi connectivity index (χ1v) is 9.23. The highest BCUT2D eigenvalue weighted by Crippen LogP contribution is 2.12. The zero-order valence-electron chi connectivity index (χ0n) is 14.6. The lowest BCUT2D eigenvalue weighted by atomic mass is 10.0. The molecular formula is C18H37NO3. The lowest BCUT2D eigenvalue weighted by Gasteiger charge is -2.22. The van der Waals surface area contributed by atoms with Crippen molar-refractivity contribution in [2.24, 2.45) is 0 Å². The Hall–Kier alpha value is -0.610. The summed E-state index contributed by atoms with van der Waals surface area (Å²) in [6.45, 7) is 4.06. The molecule has 132 valence electrons. The minimum absolute atomic E-state index is 0.0733. The van der Waals surface area contributed by atoms with Crippen molar-refractivity contribution in [3.05, 3.63) is 0 Å². The first kappa shape index (κ1) is 21.4. The highest BCUT2D eigenvalue weighted by molar-refractivity contribution is 5.76. The van der Waals surface area contributed by atoms with E-state index >= 15 is 0 Å². The van der Waals surface area contributed by atoms with E-state index in [-0.39, 0.29) is 12.5 Å². The normalized spacial score (nSPS) is 13.8. The van der Waals surface area contributed by atoms with Gasteiger partial charge in [-0.15, -0.1) is 0 Å². The molecule has 4 nitrogen and oxygen atoms in total. The standard InChI is InChI=1S/C18H37NO3/c1-3-5-7-8-9-10-11-12-13-17(21)16(15-20)19-18(22)14-6-4-2/h16-17,20-21H,3-15H2,1-2H3,(H,19,22). The van der Waals surface area contributed by atoms with Crippen LogP contribution in [0.4, 0.5) is 0 Å². The maximum atomic E-state index is 11.6. The van der Waals surface area contributed by atoms with Gasteiger partial charge >= 0.3 is 0 Å². The number of nitrogens with one attached hydrogen (secondary N) is 1.